The summed E-state index contributed by atoms with van der Waals surface area (Å²) >= 11 is 0. The van der Waals surface area contributed by atoms with Gasteiger partial charge >= 0.3 is 17.8 Å². The molecule has 0 rings (SSSR count). The van der Waals surface area contributed by atoms with E-state index in [1.54, 1.807) is 6.92 Å². The minimum Gasteiger partial charge on any atom is -0.409 e. The van der Waals surface area contributed by atoms with Crippen LogP contribution >= 0.6 is 0 Å². The maximum absolute atomic E-state index is 12.3. The van der Waals surface area contributed by atoms with E-state index >= 15 is 0 Å². The first-order valence-corrected chi connectivity index (χ1v) is 19.0. The Morgan fingerprint density at radius 2 is 0.727 bits per heavy atom. The summed E-state index contributed by atoms with van der Waals surface area (Å²) in [6.45, 7) is 6.29. The number of carbonyl (C=O) groups is 2. The lowest BCUT2D eigenvalue weighted by atomic mass is 10.1. The van der Waals surface area contributed by atoms with Gasteiger partial charge in [0.15, 0.2) is 0 Å². The minimum atomic E-state index is -1.65. The molecule has 258 valence electrons. The van der Waals surface area contributed by atoms with E-state index in [0.29, 0.717) is 12.8 Å². The second-order valence-electron chi connectivity index (χ2n) is 12.8. The van der Waals surface area contributed by atoms with Gasteiger partial charge in [-0.3, -0.25) is 15.3 Å². The first kappa shape index (κ1) is 42.4. The molecule has 1 unspecified atom stereocenters. The summed E-state index contributed by atoms with van der Waals surface area (Å²) in [6, 6.07) is 0. The van der Waals surface area contributed by atoms with Crippen LogP contribution in [0.3, 0.4) is 0 Å². The van der Waals surface area contributed by atoms with Gasteiger partial charge in [0.1, 0.15) is 0 Å². The first-order valence-electron chi connectivity index (χ1n) is 19.0. The molecule has 0 aliphatic rings. The zero-order valence-electron chi connectivity index (χ0n) is 29.5. The largest absolute Gasteiger partial charge is 0.409 e. The van der Waals surface area contributed by atoms with Crippen molar-refractivity contribution in [1.82, 2.24) is 0 Å². The van der Waals surface area contributed by atoms with Crippen molar-refractivity contribution >= 4 is 11.9 Å². The second kappa shape index (κ2) is 32.8. The van der Waals surface area contributed by atoms with Gasteiger partial charge in [-0.15, -0.1) is 0 Å². The minimum absolute atomic E-state index is 0.239. The lowest BCUT2D eigenvalue weighted by Gasteiger charge is -2.27. The quantitative estimate of drug-likeness (QED) is 0.0342. The Balaban J connectivity index is 3.73. The lowest BCUT2D eigenvalue weighted by Crippen LogP contribution is -2.48. The molecule has 44 heavy (non-hydrogen) atoms. The van der Waals surface area contributed by atoms with Gasteiger partial charge in [0, 0.05) is 19.3 Å². The smallest absolute Gasteiger partial charge is 0.315 e. The fraction of sp³-hybridized carbons (Fsp3) is 0.846. The topological polar surface area (TPSA) is 78.6 Å². The van der Waals surface area contributed by atoms with Crippen LogP contribution in [0.1, 0.15) is 207 Å². The molecule has 0 bridgehead atoms. The summed E-state index contributed by atoms with van der Waals surface area (Å²) in [7, 11) is 0. The Morgan fingerprint density at radius 1 is 0.455 bits per heavy atom. The van der Waals surface area contributed by atoms with Gasteiger partial charge in [0.05, 0.1) is 0 Å². The maximum atomic E-state index is 12.3. The van der Waals surface area contributed by atoms with Crippen molar-refractivity contribution in [3.8, 4) is 0 Å². The van der Waals surface area contributed by atoms with Crippen molar-refractivity contribution < 1.29 is 19.1 Å². The van der Waals surface area contributed by atoms with E-state index in [-0.39, 0.29) is 18.4 Å². The summed E-state index contributed by atoms with van der Waals surface area (Å²) in [5.41, 5.74) is 6.11. The van der Waals surface area contributed by atoms with E-state index in [2.05, 4.69) is 38.2 Å². The van der Waals surface area contributed by atoms with Gasteiger partial charge in [0.25, 0.3) is 0 Å². The predicted octanol–water partition coefficient (Wildman–Crippen LogP) is 12.2. The van der Waals surface area contributed by atoms with Crippen molar-refractivity contribution in [2.75, 3.05) is 0 Å². The Kier molecular flexibility index (Phi) is 31.6. The van der Waals surface area contributed by atoms with E-state index in [1.165, 1.54) is 116 Å². The molecule has 0 saturated heterocycles. The third-order valence-corrected chi connectivity index (χ3v) is 8.35. The molecule has 0 aromatic carbocycles. The molecule has 5 heteroatoms. The predicted molar refractivity (Wildman–Crippen MR) is 188 cm³/mol. The van der Waals surface area contributed by atoms with Gasteiger partial charge in [-0.05, 0) is 64.2 Å². The molecule has 0 fully saturated rings. The van der Waals surface area contributed by atoms with Crippen molar-refractivity contribution in [2.24, 2.45) is 5.73 Å². The zero-order chi connectivity index (χ0) is 32.4. The van der Waals surface area contributed by atoms with Crippen LogP contribution in [0.5, 0.6) is 0 Å². The molecule has 0 aliphatic carbocycles. The van der Waals surface area contributed by atoms with Crippen LogP contribution in [-0.2, 0) is 19.1 Å². The average Bonchev–Trinajstić information content (AvgIpc) is 3.01. The highest BCUT2D eigenvalue weighted by molar-refractivity contribution is 5.71. The molecule has 0 heterocycles. The highest BCUT2D eigenvalue weighted by Gasteiger charge is 2.31. The van der Waals surface area contributed by atoms with E-state index in [0.717, 1.165) is 51.4 Å². The number of esters is 2. The summed E-state index contributed by atoms with van der Waals surface area (Å²) in [5, 5.41) is 0. The van der Waals surface area contributed by atoms with E-state index < -0.39 is 5.91 Å². The summed E-state index contributed by atoms with van der Waals surface area (Å²) in [5.74, 6) is -2.43. The summed E-state index contributed by atoms with van der Waals surface area (Å²) in [6.07, 6.45) is 41.7. The molecule has 0 radical (unpaired) electrons. The molecular formula is C39H73NO4. The number of hydrogen-bond donors (Lipinski definition) is 1. The number of allylic oxidation sites excluding steroid dienone is 4. The second-order valence-corrected chi connectivity index (χ2v) is 12.8. The van der Waals surface area contributed by atoms with Gasteiger partial charge in [-0.25, -0.2) is 0 Å². The van der Waals surface area contributed by atoms with Crippen LogP contribution in [0.4, 0.5) is 0 Å². The fourth-order valence-corrected chi connectivity index (χ4v) is 5.33. The van der Waals surface area contributed by atoms with E-state index in [9.17, 15) is 9.59 Å². The normalized spacial score (nSPS) is 13.1. The van der Waals surface area contributed by atoms with Gasteiger partial charge < -0.3 is 9.47 Å². The van der Waals surface area contributed by atoms with Crippen LogP contribution in [0.15, 0.2) is 24.3 Å². The van der Waals surface area contributed by atoms with Crippen molar-refractivity contribution in [1.29, 1.82) is 0 Å². The summed E-state index contributed by atoms with van der Waals surface area (Å²) < 4.78 is 10.8. The molecule has 0 amide bonds. The molecule has 0 aromatic rings. The summed E-state index contributed by atoms with van der Waals surface area (Å²) in [4.78, 5) is 24.7. The van der Waals surface area contributed by atoms with Crippen LogP contribution in [0.25, 0.3) is 0 Å². The molecule has 1 atom stereocenters. The zero-order valence-corrected chi connectivity index (χ0v) is 29.5. The molecule has 0 saturated carbocycles. The third-order valence-electron chi connectivity index (χ3n) is 8.35. The number of ether oxygens (including phenoxy) is 2. The molecule has 0 spiro atoms. The monoisotopic (exact) mass is 620 g/mol. The van der Waals surface area contributed by atoms with E-state index in [4.69, 9.17) is 15.2 Å². The maximum Gasteiger partial charge on any atom is 0.315 e. The highest BCUT2D eigenvalue weighted by atomic mass is 16.7. The number of nitrogens with two attached hydrogens (primary N) is 1. The average molecular weight is 620 g/mol. The van der Waals surface area contributed by atoms with Gasteiger partial charge in [-0.2, -0.15) is 0 Å². The number of carbonyl (C=O) groups excluding carboxylic acids is 2. The SMILES string of the molecule is CCCCCCCCC=CCCCCCCCC(=O)OC(N)(CC)OC(=O)CCCCCCC/C=C\CCCCCCCC. The first-order chi connectivity index (χ1) is 21.5. The molecular weight excluding hydrogens is 546 g/mol. The van der Waals surface area contributed by atoms with Crippen LogP contribution in [0, 0.1) is 0 Å². The Bertz CT molecular complexity index is 648. The fourth-order valence-electron chi connectivity index (χ4n) is 5.33. The van der Waals surface area contributed by atoms with Crippen LogP contribution in [0.2, 0.25) is 0 Å². The third kappa shape index (κ3) is 30.4. The van der Waals surface area contributed by atoms with Crippen LogP contribution < -0.4 is 5.73 Å². The lowest BCUT2D eigenvalue weighted by molar-refractivity contribution is -0.228. The molecule has 5 nitrogen and oxygen atoms in total. The van der Waals surface area contributed by atoms with Gasteiger partial charge in [-0.1, -0.05) is 148 Å². The molecule has 0 aliphatic heterocycles. The number of rotatable bonds is 33. The molecule has 2 N–H and O–H groups in total. The Morgan fingerprint density at radius 3 is 1.02 bits per heavy atom. The van der Waals surface area contributed by atoms with E-state index in [1.807, 2.05) is 0 Å². The standard InChI is InChI=1S/C39H73NO4/c1-4-7-9-11-13-15-17-19-21-23-25-27-29-31-33-35-37(41)43-39(40,6-3)44-38(42)36-34-32-30-28-26-24-22-20-18-16-14-12-10-8-5-2/h19-22H,4-18,23-36,40H2,1-3H3/b21-19-,22-20?. The Labute approximate surface area is 273 Å². The molecule has 0 aromatic heterocycles. The van der Waals surface area contributed by atoms with Crippen molar-refractivity contribution in [3.05, 3.63) is 24.3 Å². The van der Waals surface area contributed by atoms with Gasteiger partial charge in [0.2, 0.25) is 0 Å². The highest BCUT2D eigenvalue weighted by Crippen LogP contribution is 2.17. The number of hydrogen-bond acceptors (Lipinski definition) is 5. The number of unbranched alkanes of at least 4 members (excludes halogenated alkanes) is 22. The van der Waals surface area contributed by atoms with Crippen molar-refractivity contribution in [2.45, 2.75) is 213 Å². The van der Waals surface area contributed by atoms with Crippen molar-refractivity contribution in [3.63, 3.8) is 0 Å². The Hall–Kier alpha value is -1.62. The van der Waals surface area contributed by atoms with Crippen LogP contribution in [-0.4, -0.2) is 17.8 Å².